The molecule has 0 aliphatic carbocycles. The molecule has 31 heavy (non-hydrogen) atoms. The number of fused-ring (bicyclic) bond motifs is 2. The van der Waals surface area contributed by atoms with Crippen molar-refractivity contribution in [1.82, 2.24) is 23.2 Å². The molecule has 0 spiro atoms. The third-order valence-corrected chi connectivity index (χ3v) is 8.10. The minimum Gasteiger partial charge on any atom is -0.319 e. The lowest BCUT2D eigenvalue weighted by Crippen LogP contribution is -2.22. The summed E-state index contributed by atoms with van der Waals surface area (Å²) in [6.07, 6.45) is 6.16. The molecule has 0 atom stereocenters. The Kier molecular flexibility index (Phi) is 6.09. The van der Waals surface area contributed by atoms with E-state index in [0.29, 0.717) is 11.3 Å². The van der Waals surface area contributed by atoms with E-state index < -0.39 is 10.0 Å². The first-order valence-electron chi connectivity index (χ1n) is 10.3. The number of benzene rings is 1. The van der Waals surface area contributed by atoms with E-state index in [1.807, 2.05) is 22.7 Å². The molecule has 0 saturated heterocycles. The Morgan fingerprint density at radius 3 is 2.68 bits per heavy atom. The van der Waals surface area contributed by atoms with Crippen molar-refractivity contribution >= 4 is 38.5 Å². The Bertz CT molecular complexity index is 1340. The Hall–Kier alpha value is -2.36. The van der Waals surface area contributed by atoms with Gasteiger partial charge in [-0.1, -0.05) is 31.2 Å². The molecule has 164 valence electrons. The summed E-state index contributed by atoms with van der Waals surface area (Å²) < 4.78 is 30.5. The number of pyridine rings is 1. The lowest BCUT2D eigenvalue weighted by Gasteiger charge is -2.11. The lowest BCUT2D eigenvalue weighted by molar-refractivity contribution is 0.521. The second kappa shape index (κ2) is 8.64. The van der Waals surface area contributed by atoms with E-state index in [1.54, 1.807) is 23.9 Å². The highest BCUT2D eigenvalue weighted by Gasteiger charge is 2.20. The van der Waals surface area contributed by atoms with Crippen molar-refractivity contribution in [2.75, 3.05) is 14.1 Å². The van der Waals surface area contributed by atoms with Crippen LogP contribution in [0.2, 0.25) is 0 Å². The number of hydrogen-bond acceptors (Lipinski definition) is 5. The van der Waals surface area contributed by atoms with E-state index in [0.717, 1.165) is 47.0 Å². The molecule has 0 N–H and O–H groups in total. The Morgan fingerprint density at radius 2 is 1.97 bits per heavy atom. The number of imidazole rings is 2. The first kappa shape index (κ1) is 21.9. The highest BCUT2D eigenvalue weighted by Crippen LogP contribution is 2.29. The average molecular weight is 458 g/mol. The van der Waals surface area contributed by atoms with Gasteiger partial charge in [0.05, 0.1) is 21.6 Å². The largest absolute Gasteiger partial charge is 0.319 e. The fourth-order valence-corrected chi connectivity index (χ4v) is 5.36. The summed E-state index contributed by atoms with van der Waals surface area (Å²) in [5.74, 6) is 0.694. The van der Waals surface area contributed by atoms with Gasteiger partial charge in [0, 0.05) is 38.8 Å². The predicted octanol–water partition coefficient (Wildman–Crippen LogP) is 4.34. The van der Waals surface area contributed by atoms with Gasteiger partial charge in [0.1, 0.15) is 5.65 Å². The van der Waals surface area contributed by atoms with Crippen LogP contribution in [0.25, 0.3) is 16.7 Å². The summed E-state index contributed by atoms with van der Waals surface area (Å²) in [6, 6.07) is 9.28. The molecule has 9 heteroatoms. The van der Waals surface area contributed by atoms with Crippen molar-refractivity contribution in [1.29, 1.82) is 0 Å². The van der Waals surface area contributed by atoms with Gasteiger partial charge in [0.2, 0.25) is 10.0 Å². The van der Waals surface area contributed by atoms with Gasteiger partial charge in [0.15, 0.2) is 5.16 Å². The zero-order valence-corrected chi connectivity index (χ0v) is 19.9. The maximum Gasteiger partial charge on any atom is 0.242 e. The second-order valence-corrected chi connectivity index (χ2v) is 10.9. The number of unbranched alkanes of at least 4 members (excludes halogenated alkanes) is 1. The first-order valence-corrected chi connectivity index (χ1v) is 12.7. The number of thioether (sulfide) groups is 1. The third kappa shape index (κ3) is 4.22. The van der Waals surface area contributed by atoms with E-state index in [9.17, 15) is 8.42 Å². The van der Waals surface area contributed by atoms with Crippen LogP contribution in [0.15, 0.2) is 52.8 Å². The predicted molar refractivity (Wildman–Crippen MR) is 125 cm³/mol. The summed E-state index contributed by atoms with van der Waals surface area (Å²) in [5, 5.41) is 0.886. The van der Waals surface area contributed by atoms with Crippen molar-refractivity contribution in [3.05, 3.63) is 54.0 Å². The van der Waals surface area contributed by atoms with Crippen molar-refractivity contribution in [3.8, 4) is 0 Å². The summed E-state index contributed by atoms with van der Waals surface area (Å²) in [7, 11) is -0.421. The van der Waals surface area contributed by atoms with Crippen molar-refractivity contribution in [3.63, 3.8) is 0 Å². The molecule has 0 unspecified atom stereocenters. The van der Waals surface area contributed by atoms with Crippen LogP contribution in [-0.4, -0.2) is 45.8 Å². The van der Waals surface area contributed by atoms with Gasteiger partial charge in [-0.15, -0.1) is 0 Å². The fourth-order valence-electron chi connectivity index (χ4n) is 3.51. The highest BCUT2D eigenvalue weighted by atomic mass is 32.2. The molecule has 0 aliphatic rings. The number of hydrogen-bond donors (Lipinski definition) is 0. The van der Waals surface area contributed by atoms with Crippen LogP contribution in [0, 0.1) is 6.92 Å². The van der Waals surface area contributed by atoms with Gasteiger partial charge in [0.25, 0.3) is 0 Å². The number of nitrogens with zero attached hydrogens (tertiary/aromatic N) is 5. The molecule has 0 radical (unpaired) electrons. The van der Waals surface area contributed by atoms with E-state index in [4.69, 9.17) is 9.97 Å². The Labute approximate surface area is 187 Å². The normalized spacial score (nSPS) is 12.4. The molecule has 0 amide bonds. The van der Waals surface area contributed by atoms with Crippen LogP contribution in [0.3, 0.4) is 0 Å². The second-order valence-electron chi connectivity index (χ2n) is 7.78. The summed E-state index contributed by atoms with van der Waals surface area (Å²) >= 11 is 1.63. The fraction of sp³-hybridized carbons (Fsp3) is 0.364. The van der Waals surface area contributed by atoms with Gasteiger partial charge >= 0.3 is 0 Å². The van der Waals surface area contributed by atoms with Crippen LogP contribution >= 0.6 is 11.8 Å². The number of aromatic nitrogens is 4. The van der Waals surface area contributed by atoms with Gasteiger partial charge < -0.3 is 8.97 Å². The smallest absolute Gasteiger partial charge is 0.242 e. The zero-order chi connectivity index (χ0) is 22.2. The molecular weight excluding hydrogens is 430 g/mol. The monoisotopic (exact) mass is 457 g/mol. The third-order valence-electron chi connectivity index (χ3n) is 5.28. The molecular formula is C22H27N5O2S2. The molecule has 4 rings (SSSR count). The summed E-state index contributed by atoms with van der Waals surface area (Å²) in [5.41, 5.74) is 4.76. The van der Waals surface area contributed by atoms with Crippen LogP contribution in [-0.2, 0) is 22.3 Å². The molecule has 3 aromatic heterocycles. The minimum atomic E-state index is -3.50. The van der Waals surface area contributed by atoms with Gasteiger partial charge in [-0.25, -0.2) is 22.7 Å². The molecule has 0 saturated carbocycles. The molecule has 0 bridgehead atoms. The molecule has 0 fully saturated rings. The van der Waals surface area contributed by atoms with Gasteiger partial charge in [-0.2, -0.15) is 0 Å². The number of rotatable bonds is 8. The van der Waals surface area contributed by atoms with Crippen LogP contribution in [0.1, 0.15) is 31.0 Å². The highest BCUT2D eigenvalue weighted by molar-refractivity contribution is 7.98. The lowest BCUT2D eigenvalue weighted by atomic mass is 10.3. The molecule has 4 aromatic rings. The molecule has 0 aliphatic heterocycles. The van der Waals surface area contributed by atoms with E-state index in [2.05, 4.69) is 30.7 Å². The standard InChI is InChI=1S/C22H27N5O2S2/c1-5-6-12-27-20-10-9-18(31(28,29)25(3)4)13-19(20)24-22(27)30-15-17-14-26-11-7-8-16(2)21(26)23-17/h7-11,13-14H,5-6,12,15H2,1-4H3. The SMILES string of the molecule is CCCCn1c(SCc2cn3cccc(C)c3n2)nc2cc(S(=O)(=O)N(C)C)ccc21. The average Bonchev–Trinajstić information content (AvgIpc) is 3.31. The number of aryl methyl sites for hydroxylation is 2. The first-order chi connectivity index (χ1) is 14.8. The topological polar surface area (TPSA) is 72.5 Å². The molecule has 7 nitrogen and oxygen atoms in total. The van der Waals surface area contributed by atoms with Crippen molar-refractivity contribution in [2.45, 2.75) is 49.0 Å². The summed E-state index contributed by atoms with van der Waals surface area (Å²) in [4.78, 5) is 9.81. The van der Waals surface area contributed by atoms with E-state index >= 15 is 0 Å². The maximum atomic E-state index is 12.5. The Balaban J connectivity index is 1.68. The van der Waals surface area contributed by atoms with E-state index in [1.165, 1.54) is 18.4 Å². The van der Waals surface area contributed by atoms with Gasteiger partial charge in [-0.3, -0.25) is 0 Å². The quantitative estimate of drug-likeness (QED) is 0.368. The maximum absolute atomic E-state index is 12.5. The Morgan fingerprint density at radius 1 is 1.16 bits per heavy atom. The van der Waals surface area contributed by atoms with E-state index in [-0.39, 0.29) is 4.90 Å². The molecule has 1 aromatic carbocycles. The minimum absolute atomic E-state index is 0.262. The van der Waals surface area contributed by atoms with Crippen molar-refractivity contribution in [2.24, 2.45) is 0 Å². The summed E-state index contributed by atoms with van der Waals surface area (Å²) in [6.45, 7) is 5.06. The van der Waals surface area contributed by atoms with Crippen LogP contribution in [0.4, 0.5) is 0 Å². The van der Waals surface area contributed by atoms with Crippen molar-refractivity contribution < 1.29 is 8.42 Å². The number of sulfonamides is 1. The van der Waals surface area contributed by atoms with Gasteiger partial charge in [-0.05, 0) is 43.2 Å². The molecule has 3 heterocycles. The zero-order valence-electron chi connectivity index (χ0n) is 18.2. The van der Waals surface area contributed by atoms with Crippen LogP contribution < -0.4 is 0 Å². The van der Waals surface area contributed by atoms with Crippen LogP contribution in [0.5, 0.6) is 0 Å².